The van der Waals surface area contributed by atoms with Gasteiger partial charge in [0.25, 0.3) is 0 Å². The number of piperazine rings is 1. The summed E-state index contributed by atoms with van der Waals surface area (Å²) in [5.41, 5.74) is -0.927. The number of carbonyl (C=O) groups excluding carboxylic acids is 2. The van der Waals surface area contributed by atoms with Crippen LogP contribution in [0.15, 0.2) is 18.2 Å². The molecular weight excluding hydrogens is 457 g/mol. The number of halogens is 4. The predicted octanol–water partition coefficient (Wildman–Crippen LogP) is 3.86. The van der Waals surface area contributed by atoms with E-state index in [1.54, 1.807) is 0 Å². The van der Waals surface area contributed by atoms with Gasteiger partial charge in [0.05, 0.1) is 23.7 Å². The number of anilines is 1. The van der Waals surface area contributed by atoms with Crippen LogP contribution >= 0.6 is 11.6 Å². The SMILES string of the molecule is C[C@H]1[C@H](C)CCC[C@@H]1NC(=O)CN1CCN(CC(=O)Nc2ccc(Cl)c(C(F)(F)F)c2)CC1. The van der Waals surface area contributed by atoms with Gasteiger partial charge in [0, 0.05) is 37.9 Å². The van der Waals surface area contributed by atoms with Crippen molar-refractivity contribution in [2.75, 3.05) is 44.6 Å². The molecule has 2 amide bonds. The summed E-state index contributed by atoms with van der Waals surface area (Å²) in [5.74, 6) is 0.741. The molecule has 1 saturated heterocycles. The summed E-state index contributed by atoms with van der Waals surface area (Å²) in [5, 5.41) is 5.29. The Balaban J connectivity index is 1.41. The largest absolute Gasteiger partial charge is 0.417 e. The van der Waals surface area contributed by atoms with Crippen molar-refractivity contribution in [3.05, 3.63) is 28.8 Å². The quantitative estimate of drug-likeness (QED) is 0.638. The van der Waals surface area contributed by atoms with E-state index >= 15 is 0 Å². The maximum absolute atomic E-state index is 13.0. The standard InChI is InChI=1S/C23H32ClF3N4O2/c1-15-4-3-5-20(16(15)2)29-22(33)14-31-10-8-30(9-11-31)13-21(32)28-17-6-7-19(24)18(12-17)23(25,26)27/h6-7,12,15-16,20H,3-5,8-11,13-14H2,1-2H3,(H,28,32)(H,29,33)/t15-,16+,20+/m1/s1. The van der Waals surface area contributed by atoms with Gasteiger partial charge in [-0.2, -0.15) is 13.2 Å². The first kappa shape index (κ1) is 25.8. The third-order valence-corrected chi connectivity index (χ3v) is 7.14. The molecule has 0 spiro atoms. The predicted molar refractivity (Wildman–Crippen MR) is 122 cm³/mol. The van der Waals surface area contributed by atoms with Crippen molar-refractivity contribution in [3.63, 3.8) is 0 Å². The first-order valence-electron chi connectivity index (χ1n) is 11.4. The Morgan fingerprint density at radius 2 is 1.64 bits per heavy atom. The normalized spacial score (nSPS) is 25.0. The molecule has 10 heteroatoms. The third-order valence-electron chi connectivity index (χ3n) is 6.81. The minimum Gasteiger partial charge on any atom is -0.352 e. The lowest BCUT2D eigenvalue weighted by Gasteiger charge is -2.36. The summed E-state index contributed by atoms with van der Waals surface area (Å²) in [7, 11) is 0. The maximum Gasteiger partial charge on any atom is 0.417 e. The Labute approximate surface area is 197 Å². The molecule has 1 heterocycles. The molecule has 3 atom stereocenters. The number of nitrogens with one attached hydrogen (secondary N) is 2. The minimum atomic E-state index is -4.59. The van der Waals surface area contributed by atoms with Gasteiger partial charge >= 0.3 is 6.18 Å². The second-order valence-electron chi connectivity index (χ2n) is 9.23. The summed E-state index contributed by atoms with van der Waals surface area (Å²) in [4.78, 5) is 28.8. The van der Waals surface area contributed by atoms with Crippen LogP contribution in [-0.2, 0) is 15.8 Å². The molecule has 0 unspecified atom stereocenters. The molecule has 1 aliphatic heterocycles. The fraction of sp³-hybridized carbons (Fsp3) is 0.652. The lowest BCUT2D eigenvalue weighted by atomic mass is 9.78. The van der Waals surface area contributed by atoms with Crippen molar-refractivity contribution in [3.8, 4) is 0 Å². The van der Waals surface area contributed by atoms with E-state index in [1.165, 1.54) is 12.5 Å². The molecule has 33 heavy (non-hydrogen) atoms. The van der Waals surface area contributed by atoms with Gasteiger partial charge in [0.1, 0.15) is 0 Å². The summed E-state index contributed by atoms with van der Waals surface area (Å²) < 4.78 is 39.0. The number of carbonyl (C=O) groups is 2. The van der Waals surface area contributed by atoms with Gasteiger partial charge in [-0.25, -0.2) is 0 Å². The molecule has 0 bridgehead atoms. The number of amides is 2. The molecule has 1 aromatic carbocycles. The monoisotopic (exact) mass is 488 g/mol. The number of hydrogen-bond acceptors (Lipinski definition) is 4. The molecule has 184 valence electrons. The van der Waals surface area contributed by atoms with Gasteiger partial charge < -0.3 is 10.6 Å². The molecule has 0 aromatic heterocycles. The highest BCUT2D eigenvalue weighted by Crippen LogP contribution is 2.36. The van der Waals surface area contributed by atoms with E-state index in [-0.39, 0.29) is 24.2 Å². The number of rotatable bonds is 6. The number of alkyl halides is 3. The topological polar surface area (TPSA) is 64.7 Å². The first-order chi connectivity index (χ1) is 15.5. The Bertz CT molecular complexity index is 843. The lowest BCUT2D eigenvalue weighted by molar-refractivity contribution is -0.137. The van der Waals surface area contributed by atoms with Crippen molar-refractivity contribution in [2.45, 2.75) is 45.3 Å². The van der Waals surface area contributed by atoms with Crippen LogP contribution in [0.25, 0.3) is 0 Å². The van der Waals surface area contributed by atoms with E-state index < -0.39 is 22.7 Å². The average molecular weight is 489 g/mol. The third kappa shape index (κ3) is 7.32. The van der Waals surface area contributed by atoms with E-state index in [0.29, 0.717) is 44.6 Å². The molecule has 1 aliphatic carbocycles. The maximum atomic E-state index is 13.0. The van der Waals surface area contributed by atoms with Crippen molar-refractivity contribution in [1.29, 1.82) is 0 Å². The Kier molecular flexibility index (Phi) is 8.64. The smallest absolute Gasteiger partial charge is 0.352 e. The van der Waals surface area contributed by atoms with Gasteiger partial charge in [-0.3, -0.25) is 19.4 Å². The van der Waals surface area contributed by atoms with E-state index in [4.69, 9.17) is 11.6 Å². The van der Waals surface area contributed by atoms with Crippen LogP contribution in [0.4, 0.5) is 18.9 Å². The van der Waals surface area contributed by atoms with Gasteiger partial charge in [-0.05, 0) is 36.5 Å². The fourth-order valence-electron chi connectivity index (χ4n) is 4.57. The van der Waals surface area contributed by atoms with Gasteiger partial charge in [0.2, 0.25) is 11.8 Å². The Morgan fingerprint density at radius 3 is 2.24 bits per heavy atom. The second-order valence-corrected chi connectivity index (χ2v) is 9.64. The van der Waals surface area contributed by atoms with Gasteiger partial charge in [-0.1, -0.05) is 38.3 Å². The van der Waals surface area contributed by atoms with Crippen molar-refractivity contribution in [1.82, 2.24) is 15.1 Å². The minimum absolute atomic E-state index is 0.0374. The van der Waals surface area contributed by atoms with Crippen molar-refractivity contribution in [2.24, 2.45) is 11.8 Å². The molecule has 0 radical (unpaired) electrons. The molecular formula is C23H32ClF3N4O2. The summed E-state index contributed by atoms with van der Waals surface area (Å²) in [6, 6.07) is 3.54. The number of benzene rings is 1. The zero-order valence-corrected chi connectivity index (χ0v) is 19.8. The molecule has 2 aliphatic rings. The van der Waals surface area contributed by atoms with Crippen molar-refractivity contribution >= 4 is 29.1 Å². The molecule has 1 saturated carbocycles. The van der Waals surface area contributed by atoms with E-state index in [2.05, 4.69) is 29.4 Å². The summed E-state index contributed by atoms with van der Waals surface area (Å²) in [6.07, 6.45) is -1.21. The highest BCUT2D eigenvalue weighted by atomic mass is 35.5. The van der Waals surface area contributed by atoms with Crippen LogP contribution in [0.2, 0.25) is 5.02 Å². The number of nitrogens with zero attached hydrogens (tertiary/aromatic N) is 2. The van der Waals surface area contributed by atoms with Crippen LogP contribution in [0.3, 0.4) is 0 Å². The highest BCUT2D eigenvalue weighted by molar-refractivity contribution is 6.31. The summed E-state index contributed by atoms with van der Waals surface area (Å²) >= 11 is 5.62. The average Bonchev–Trinajstić information content (AvgIpc) is 2.73. The Morgan fingerprint density at radius 1 is 1.03 bits per heavy atom. The van der Waals surface area contributed by atoms with Crippen LogP contribution in [0.1, 0.15) is 38.7 Å². The van der Waals surface area contributed by atoms with Crippen LogP contribution in [0, 0.1) is 11.8 Å². The second kappa shape index (κ2) is 11.1. The first-order valence-corrected chi connectivity index (χ1v) is 11.8. The van der Waals surface area contributed by atoms with Crippen LogP contribution in [0.5, 0.6) is 0 Å². The van der Waals surface area contributed by atoms with E-state index in [9.17, 15) is 22.8 Å². The Hall–Kier alpha value is -1.84. The zero-order chi connectivity index (χ0) is 24.2. The molecule has 6 nitrogen and oxygen atoms in total. The summed E-state index contributed by atoms with van der Waals surface area (Å²) in [6.45, 7) is 7.35. The molecule has 2 N–H and O–H groups in total. The van der Waals surface area contributed by atoms with Crippen LogP contribution < -0.4 is 10.6 Å². The van der Waals surface area contributed by atoms with Crippen LogP contribution in [-0.4, -0.2) is 66.9 Å². The van der Waals surface area contributed by atoms with E-state index in [1.807, 2.05) is 4.90 Å². The highest BCUT2D eigenvalue weighted by Gasteiger charge is 2.33. The van der Waals surface area contributed by atoms with Crippen molar-refractivity contribution < 1.29 is 22.8 Å². The van der Waals surface area contributed by atoms with E-state index in [0.717, 1.165) is 25.0 Å². The molecule has 3 rings (SSSR count). The zero-order valence-electron chi connectivity index (χ0n) is 19.1. The van der Waals surface area contributed by atoms with Gasteiger partial charge in [0.15, 0.2) is 0 Å². The lowest BCUT2D eigenvalue weighted by Crippen LogP contribution is -2.52. The number of hydrogen-bond donors (Lipinski definition) is 2. The fourth-order valence-corrected chi connectivity index (χ4v) is 4.80. The molecule has 1 aromatic rings. The molecule has 2 fully saturated rings. The van der Waals surface area contributed by atoms with Gasteiger partial charge in [-0.15, -0.1) is 0 Å².